The maximum absolute atomic E-state index is 14.3. The number of aliphatic carboxylic acids is 1. The van der Waals surface area contributed by atoms with Crippen molar-refractivity contribution in [1.29, 1.82) is 0 Å². The van der Waals surface area contributed by atoms with Gasteiger partial charge in [-0.1, -0.05) is 47.5 Å². The number of methoxy groups -OCH3 is 1. The first kappa shape index (κ1) is 25.8. The van der Waals surface area contributed by atoms with Crippen molar-refractivity contribution in [2.45, 2.75) is 37.3 Å². The number of rotatable bonds is 7. The van der Waals surface area contributed by atoms with Crippen molar-refractivity contribution in [2.75, 3.05) is 7.11 Å². The number of likely N-dealkylation sites (tertiary alicyclic amines) is 1. The number of carbonyl (C=O) groups excluding carboxylic acids is 2. The summed E-state index contributed by atoms with van der Waals surface area (Å²) >= 11 is 13.5. The fraction of sp³-hybridized carbons (Fsp3) is 0.321. The van der Waals surface area contributed by atoms with E-state index >= 15 is 0 Å². The van der Waals surface area contributed by atoms with Crippen LogP contribution >= 0.6 is 34.5 Å². The van der Waals surface area contributed by atoms with E-state index in [1.165, 1.54) is 12.0 Å². The van der Waals surface area contributed by atoms with E-state index in [2.05, 4.69) is 0 Å². The molecular formula is C28H25Cl2NO5S. The normalized spacial score (nSPS) is 25.2. The topological polar surface area (TPSA) is 83.9 Å². The van der Waals surface area contributed by atoms with E-state index in [1.807, 2.05) is 0 Å². The van der Waals surface area contributed by atoms with Gasteiger partial charge >= 0.3 is 5.97 Å². The third-order valence-electron chi connectivity index (χ3n) is 7.46. The van der Waals surface area contributed by atoms with E-state index in [-0.39, 0.29) is 17.6 Å². The highest BCUT2D eigenvalue weighted by Crippen LogP contribution is 2.58. The van der Waals surface area contributed by atoms with E-state index in [0.29, 0.717) is 44.0 Å². The monoisotopic (exact) mass is 557 g/mol. The lowest BCUT2D eigenvalue weighted by Gasteiger charge is -2.38. The van der Waals surface area contributed by atoms with Gasteiger partial charge in [0, 0.05) is 16.9 Å². The second-order valence-electron chi connectivity index (χ2n) is 9.68. The summed E-state index contributed by atoms with van der Waals surface area (Å²) in [6.07, 6.45) is 1.39. The molecule has 4 atom stereocenters. The van der Waals surface area contributed by atoms with E-state index in [4.69, 9.17) is 27.9 Å². The number of halogens is 2. The first-order valence-electron chi connectivity index (χ1n) is 11.9. The lowest BCUT2D eigenvalue weighted by atomic mass is 9.72. The Morgan fingerprint density at radius 1 is 1.03 bits per heavy atom. The summed E-state index contributed by atoms with van der Waals surface area (Å²) in [4.78, 5) is 43.2. The molecule has 0 radical (unpaired) electrons. The molecule has 37 heavy (non-hydrogen) atoms. The van der Waals surface area contributed by atoms with Crippen LogP contribution in [0.3, 0.4) is 0 Å². The minimum atomic E-state index is -1.71. The van der Waals surface area contributed by atoms with Gasteiger partial charge in [0.25, 0.3) is 0 Å². The van der Waals surface area contributed by atoms with Gasteiger partial charge in [0.1, 0.15) is 11.3 Å². The average Bonchev–Trinajstić information content (AvgIpc) is 3.59. The molecule has 1 aromatic heterocycles. The molecule has 2 aliphatic rings. The van der Waals surface area contributed by atoms with Crippen molar-refractivity contribution >= 4 is 52.2 Å². The minimum absolute atomic E-state index is 0.253. The van der Waals surface area contributed by atoms with Gasteiger partial charge in [-0.2, -0.15) is 0 Å². The zero-order chi connectivity index (χ0) is 26.5. The number of benzene rings is 2. The minimum Gasteiger partial charge on any atom is -0.497 e. The maximum Gasteiger partial charge on any atom is 0.330 e. The molecule has 2 fully saturated rings. The van der Waals surface area contributed by atoms with Crippen LogP contribution in [0.5, 0.6) is 5.75 Å². The van der Waals surface area contributed by atoms with Crippen molar-refractivity contribution in [3.05, 3.63) is 86.0 Å². The maximum atomic E-state index is 14.3. The Balaban J connectivity index is 1.79. The number of hydrogen-bond donors (Lipinski definition) is 1. The van der Waals surface area contributed by atoms with Gasteiger partial charge in [-0.3, -0.25) is 9.59 Å². The number of ketones is 1. The predicted molar refractivity (Wildman–Crippen MR) is 143 cm³/mol. The second-order valence-corrected chi connectivity index (χ2v) is 11.8. The number of nitrogens with zero attached hydrogens (tertiary/aromatic N) is 1. The number of ether oxygens (including phenoxy) is 1. The molecule has 3 aromatic rings. The van der Waals surface area contributed by atoms with Crippen molar-refractivity contribution in [3.63, 3.8) is 0 Å². The number of Topliss-reactive ketones (excluding diaryl/α,β-unsaturated/α-hetero) is 1. The molecule has 1 N–H and O–H groups in total. The molecule has 192 valence electrons. The number of hydrogen-bond acceptors (Lipinski definition) is 5. The summed E-state index contributed by atoms with van der Waals surface area (Å²) in [7, 11) is 1.53. The van der Waals surface area contributed by atoms with E-state index in [9.17, 15) is 19.5 Å². The Hall–Kier alpha value is -2.87. The molecular weight excluding hydrogens is 533 g/mol. The number of carbonyl (C=O) groups is 3. The average molecular weight is 558 g/mol. The molecule has 2 aromatic carbocycles. The molecule has 1 aliphatic carbocycles. The molecule has 1 saturated heterocycles. The van der Waals surface area contributed by atoms with Gasteiger partial charge in [-0.05, 0) is 67.3 Å². The van der Waals surface area contributed by atoms with Gasteiger partial charge < -0.3 is 14.7 Å². The number of carboxylic acids is 1. The predicted octanol–water partition coefficient (Wildman–Crippen LogP) is 6.48. The van der Waals surface area contributed by atoms with Crippen LogP contribution in [0.15, 0.2) is 60.7 Å². The quantitative estimate of drug-likeness (QED) is 0.336. The van der Waals surface area contributed by atoms with Crippen LogP contribution in [0.4, 0.5) is 0 Å². The molecule has 1 aliphatic heterocycles. The van der Waals surface area contributed by atoms with Crippen LogP contribution in [-0.4, -0.2) is 40.3 Å². The van der Waals surface area contributed by atoms with Crippen LogP contribution in [-0.2, 0) is 9.59 Å². The van der Waals surface area contributed by atoms with Crippen LogP contribution in [0.2, 0.25) is 9.36 Å². The Bertz CT molecular complexity index is 1370. The molecule has 1 saturated carbocycles. The van der Waals surface area contributed by atoms with Crippen LogP contribution in [0.1, 0.15) is 52.5 Å². The lowest BCUT2D eigenvalue weighted by Crippen LogP contribution is -2.54. The zero-order valence-corrected chi connectivity index (χ0v) is 22.5. The second kappa shape index (κ2) is 9.78. The van der Waals surface area contributed by atoms with Crippen molar-refractivity contribution < 1.29 is 24.2 Å². The Labute approximate surface area is 228 Å². The zero-order valence-electron chi connectivity index (χ0n) is 20.2. The standard InChI is InChI=1S/C28H25Cl2NO5S/c1-28(27(34)35)23(17-4-3-5-19(14-17)36-2)22(25(32)20-12-13-21(30)37-20)24(15-8-10-18(29)11-9-15)31(28)26(33)16-6-7-16/h3-5,8-14,16,22-24H,6-7H2,1-2H3,(H,34,35). The summed E-state index contributed by atoms with van der Waals surface area (Å²) in [5.74, 6) is -3.17. The third kappa shape index (κ3) is 4.43. The highest BCUT2D eigenvalue weighted by Gasteiger charge is 2.65. The van der Waals surface area contributed by atoms with E-state index in [0.717, 1.165) is 11.3 Å². The van der Waals surface area contributed by atoms with E-state index in [1.54, 1.807) is 67.6 Å². The van der Waals surface area contributed by atoms with Crippen molar-refractivity contribution in [2.24, 2.45) is 11.8 Å². The fourth-order valence-corrected chi connectivity index (χ4v) is 6.71. The molecule has 0 bridgehead atoms. The Kier molecular flexibility index (Phi) is 6.81. The molecule has 4 unspecified atom stereocenters. The van der Waals surface area contributed by atoms with Gasteiger partial charge in [-0.15, -0.1) is 11.3 Å². The number of carboxylic acid groups (broad SMARTS) is 1. The SMILES string of the molecule is COc1cccc(C2C(C(=O)c3ccc(Cl)s3)C(c3ccc(Cl)cc3)N(C(=O)C3CC3)C2(C)C(=O)O)c1. The number of thiophene rings is 1. The fourth-order valence-electron chi connectivity index (χ4n) is 5.55. The van der Waals surface area contributed by atoms with Gasteiger partial charge in [0.2, 0.25) is 5.91 Å². The van der Waals surface area contributed by atoms with Gasteiger partial charge in [-0.25, -0.2) is 4.79 Å². The molecule has 0 spiro atoms. The Morgan fingerprint density at radius 2 is 1.73 bits per heavy atom. The van der Waals surface area contributed by atoms with E-state index < -0.39 is 29.4 Å². The highest BCUT2D eigenvalue weighted by molar-refractivity contribution is 7.18. The van der Waals surface area contributed by atoms with Crippen LogP contribution in [0, 0.1) is 11.8 Å². The highest BCUT2D eigenvalue weighted by atomic mass is 35.5. The lowest BCUT2D eigenvalue weighted by molar-refractivity contribution is -0.158. The number of amides is 1. The van der Waals surface area contributed by atoms with Crippen LogP contribution in [0.25, 0.3) is 0 Å². The summed E-state index contributed by atoms with van der Waals surface area (Å²) in [6.45, 7) is 1.55. The summed E-state index contributed by atoms with van der Waals surface area (Å²) < 4.78 is 5.88. The summed E-state index contributed by atoms with van der Waals surface area (Å²) in [5, 5.41) is 11.3. The van der Waals surface area contributed by atoms with Crippen molar-refractivity contribution in [1.82, 2.24) is 4.90 Å². The van der Waals surface area contributed by atoms with Gasteiger partial charge in [0.15, 0.2) is 5.78 Å². The molecule has 5 rings (SSSR count). The largest absolute Gasteiger partial charge is 0.497 e. The Morgan fingerprint density at radius 3 is 2.30 bits per heavy atom. The third-order valence-corrected chi connectivity index (χ3v) is 8.96. The first-order chi connectivity index (χ1) is 17.7. The molecule has 9 heteroatoms. The summed E-state index contributed by atoms with van der Waals surface area (Å²) in [5.41, 5.74) is -0.454. The molecule has 2 heterocycles. The van der Waals surface area contributed by atoms with Gasteiger partial charge in [0.05, 0.1) is 28.3 Å². The first-order valence-corrected chi connectivity index (χ1v) is 13.5. The smallest absolute Gasteiger partial charge is 0.330 e. The molecule has 1 amide bonds. The summed E-state index contributed by atoms with van der Waals surface area (Å²) in [6, 6.07) is 16.5. The molecule has 6 nitrogen and oxygen atoms in total. The van der Waals surface area contributed by atoms with Crippen LogP contribution < -0.4 is 4.74 Å². The van der Waals surface area contributed by atoms with Crippen molar-refractivity contribution in [3.8, 4) is 5.75 Å².